The minimum Gasteiger partial charge on any atom is -0.303 e. The Bertz CT molecular complexity index is 53.7. The van der Waals surface area contributed by atoms with Crippen LogP contribution in [0.15, 0.2) is 0 Å². The van der Waals surface area contributed by atoms with Crippen LogP contribution in [0.1, 0.15) is 0 Å². The lowest BCUT2D eigenvalue weighted by molar-refractivity contribution is 0.275. The molecule has 0 aliphatic heterocycles. The molecule has 0 rings (SSSR count). The molecule has 0 radical (unpaired) electrons. The molecule has 6 heavy (non-hydrogen) atoms. The molecule has 0 bridgehead atoms. The highest BCUT2D eigenvalue weighted by atomic mass is 35.5. The van der Waals surface area contributed by atoms with E-state index < -0.39 is 7.82 Å². The number of phosphoric acid groups is 1. The summed E-state index contributed by atoms with van der Waals surface area (Å²) in [6.07, 6.45) is 0. The Balaban J connectivity index is 0. The van der Waals surface area contributed by atoms with E-state index in [0.717, 1.165) is 0 Å². The number of hydrogen-bond donors (Lipinski definition) is 3. The van der Waals surface area contributed by atoms with Crippen LogP contribution in [0.4, 0.5) is 0 Å². The van der Waals surface area contributed by atoms with E-state index >= 15 is 0 Å². The molecule has 0 fully saturated rings. The molecule has 0 heterocycles. The third-order valence-electron chi connectivity index (χ3n) is 0. The second-order valence-electron chi connectivity index (χ2n) is 0.513. The van der Waals surface area contributed by atoms with Gasteiger partial charge in [0.25, 0.3) is 0 Å². The van der Waals surface area contributed by atoms with Crippen molar-refractivity contribution in [3.05, 3.63) is 0 Å². The van der Waals surface area contributed by atoms with Crippen LogP contribution in [0.3, 0.4) is 0 Å². The predicted octanol–water partition coefficient (Wildman–Crippen LogP) is -0.507. The Hall–Kier alpha value is 0.400. The fourth-order valence-electron chi connectivity index (χ4n) is 0. The highest BCUT2D eigenvalue weighted by Crippen LogP contribution is 2.25. The molecule has 6 heteroatoms. The van der Waals surface area contributed by atoms with E-state index in [9.17, 15) is 0 Å². The summed E-state index contributed by atoms with van der Waals surface area (Å²) in [7, 11) is -4.64. The summed E-state index contributed by atoms with van der Waals surface area (Å²) in [5.41, 5.74) is 0. The second kappa shape index (κ2) is 2.55. The minimum atomic E-state index is -4.64. The molecule has 0 aliphatic carbocycles. The fourth-order valence-corrected chi connectivity index (χ4v) is 0. The average Bonchev–Trinajstić information content (AvgIpc) is 0.722. The fraction of sp³-hybridized carbons (Fsp3) is 0. The Morgan fingerprint density at radius 2 is 1.17 bits per heavy atom. The van der Waals surface area contributed by atoms with Gasteiger partial charge in [0.15, 0.2) is 0 Å². The van der Waals surface area contributed by atoms with E-state index in [1.807, 2.05) is 0 Å². The van der Waals surface area contributed by atoms with Crippen LogP contribution in [0.25, 0.3) is 0 Å². The number of rotatable bonds is 0. The molecule has 4 nitrogen and oxygen atoms in total. The molecule has 0 saturated carbocycles. The van der Waals surface area contributed by atoms with Crippen molar-refractivity contribution in [1.29, 1.82) is 0 Å². The quantitative estimate of drug-likeness (QED) is 0.390. The zero-order valence-electron chi connectivity index (χ0n) is 2.61. The zero-order chi connectivity index (χ0) is 4.50. The van der Waals surface area contributed by atoms with E-state index in [2.05, 4.69) is 0 Å². The Kier molecular flexibility index (Phi) is 4.10. The Morgan fingerprint density at radius 1 is 1.17 bits per heavy atom. The van der Waals surface area contributed by atoms with Crippen LogP contribution in [0.5, 0.6) is 0 Å². The van der Waals surface area contributed by atoms with Crippen molar-refractivity contribution < 1.29 is 19.2 Å². The van der Waals surface area contributed by atoms with Gasteiger partial charge in [0, 0.05) is 0 Å². The van der Waals surface area contributed by atoms with Crippen molar-refractivity contribution in [3.63, 3.8) is 0 Å². The predicted molar refractivity (Wildman–Crippen MR) is 21.5 cm³/mol. The lowest BCUT2D eigenvalue weighted by Gasteiger charge is -1.82. The van der Waals surface area contributed by atoms with Gasteiger partial charge in [-0.15, -0.1) is 12.4 Å². The maximum atomic E-state index is 8.88. The van der Waals surface area contributed by atoms with E-state index in [0.29, 0.717) is 0 Å². The van der Waals surface area contributed by atoms with Crippen molar-refractivity contribution in [2.45, 2.75) is 0 Å². The van der Waals surface area contributed by atoms with Crippen LogP contribution in [0.2, 0.25) is 0 Å². The summed E-state index contributed by atoms with van der Waals surface area (Å²) in [6.45, 7) is 0. The molecule has 0 aliphatic rings. The van der Waals surface area contributed by atoms with Gasteiger partial charge in [-0.25, -0.2) is 4.57 Å². The number of halogens is 1. The van der Waals surface area contributed by atoms with Gasteiger partial charge in [-0.05, 0) is 0 Å². The summed E-state index contributed by atoms with van der Waals surface area (Å²) in [5.74, 6) is 0. The summed E-state index contributed by atoms with van der Waals surface area (Å²) < 4.78 is 8.88. The highest BCUT2D eigenvalue weighted by Gasteiger charge is 2.00. The molecule has 0 spiro atoms. The first-order chi connectivity index (χ1) is 2.00. The van der Waals surface area contributed by atoms with Crippen LogP contribution in [-0.4, -0.2) is 14.7 Å². The first kappa shape index (κ1) is 9.64. The lowest BCUT2D eigenvalue weighted by atomic mass is 15.8. The van der Waals surface area contributed by atoms with E-state index in [1.165, 1.54) is 0 Å². The topological polar surface area (TPSA) is 77.8 Å². The van der Waals surface area contributed by atoms with Gasteiger partial charge >= 0.3 is 7.82 Å². The van der Waals surface area contributed by atoms with E-state index in [1.54, 1.807) is 0 Å². The summed E-state index contributed by atoms with van der Waals surface area (Å²) in [4.78, 5) is 21.6. The van der Waals surface area contributed by atoms with Gasteiger partial charge in [-0.3, -0.25) is 0 Å². The van der Waals surface area contributed by atoms with Crippen LogP contribution < -0.4 is 0 Å². The molecule has 40 valence electrons. The number of hydrogen-bond acceptors (Lipinski definition) is 1. The van der Waals surface area contributed by atoms with E-state index in [4.69, 9.17) is 19.2 Å². The lowest BCUT2D eigenvalue weighted by Crippen LogP contribution is -1.66. The van der Waals surface area contributed by atoms with Crippen molar-refractivity contribution in [2.75, 3.05) is 0 Å². The third-order valence-corrected chi connectivity index (χ3v) is 0. The van der Waals surface area contributed by atoms with Crippen LogP contribution >= 0.6 is 20.2 Å². The summed E-state index contributed by atoms with van der Waals surface area (Å²) in [6, 6.07) is 0. The van der Waals surface area contributed by atoms with Gasteiger partial charge in [-0.1, -0.05) is 0 Å². The normalized spacial score (nSPS) is 9.83. The maximum Gasteiger partial charge on any atom is 0.466 e. The standard InChI is InChI=1S/ClH.H3O4P/c;1-5(2,3)4/h1H;(H3,1,2,3,4). The van der Waals surface area contributed by atoms with Gasteiger partial charge in [0.1, 0.15) is 0 Å². The third kappa shape index (κ3) is 318. The van der Waals surface area contributed by atoms with E-state index in [-0.39, 0.29) is 12.4 Å². The van der Waals surface area contributed by atoms with Gasteiger partial charge < -0.3 is 14.7 Å². The molecule has 0 saturated heterocycles. The zero-order valence-corrected chi connectivity index (χ0v) is 4.32. The SMILES string of the molecule is Cl.O=P(O)(O)O. The highest BCUT2D eigenvalue weighted by molar-refractivity contribution is 7.45. The second-order valence-corrected chi connectivity index (χ2v) is 1.54. The summed E-state index contributed by atoms with van der Waals surface area (Å²) in [5, 5.41) is 0. The Morgan fingerprint density at radius 3 is 1.17 bits per heavy atom. The molecule has 0 atom stereocenters. The molecule has 3 N–H and O–H groups in total. The molecule has 0 aromatic rings. The molecular weight excluding hydrogens is 130 g/mol. The maximum absolute atomic E-state index is 8.88. The van der Waals surface area contributed by atoms with Gasteiger partial charge in [0.2, 0.25) is 0 Å². The van der Waals surface area contributed by atoms with Gasteiger partial charge in [0.05, 0.1) is 0 Å². The average molecular weight is 134 g/mol. The van der Waals surface area contributed by atoms with Crippen LogP contribution in [-0.2, 0) is 4.57 Å². The molecule has 0 amide bonds. The van der Waals surface area contributed by atoms with Crippen molar-refractivity contribution in [2.24, 2.45) is 0 Å². The molecule has 0 aromatic carbocycles. The van der Waals surface area contributed by atoms with Crippen LogP contribution in [0, 0.1) is 0 Å². The minimum absolute atomic E-state index is 0. The smallest absolute Gasteiger partial charge is 0.303 e. The summed E-state index contributed by atoms with van der Waals surface area (Å²) >= 11 is 0. The van der Waals surface area contributed by atoms with Crippen molar-refractivity contribution >= 4 is 20.2 Å². The van der Waals surface area contributed by atoms with Gasteiger partial charge in [-0.2, -0.15) is 0 Å². The van der Waals surface area contributed by atoms with Crippen molar-refractivity contribution in [3.8, 4) is 0 Å². The first-order valence-corrected chi connectivity index (χ1v) is 2.35. The molecule has 0 unspecified atom stereocenters. The Labute approximate surface area is 40.5 Å². The molecule has 0 aromatic heterocycles. The monoisotopic (exact) mass is 134 g/mol. The van der Waals surface area contributed by atoms with Crippen molar-refractivity contribution in [1.82, 2.24) is 0 Å². The molecular formula is H4ClO4P. The first-order valence-electron chi connectivity index (χ1n) is 0.783. The largest absolute Gasteiger partial charge is 0.466 e.